The molecule has 0 unspecified atom stereocenters. The molecule has 0 aliphatic carbocycles. The molecule has 4 rings (SSSR count). The summed E-state index contributed by atoms with van der Waals surface area (Å²) in [6.45, 7) is 4.46. The molecular weight excluding hydrogens is 497 g/mol. The van der Waals surface area contributed by atoms with E-state index in [-0.39, 0.29) is 18.2 Å². The van der Waals surface area contributed by atoms with E-state index in [0.29, 0.717) is 44.3 Å². The second-order valence-corrected chi connectivity index (χ2v) is 8.71. The minimum atomic E-state index is -0.539. The summed E-state index contributed by atoms with van der Waals surface area (Å²) in [5.74, 6) is 0.746. The van der Waals surface area contributed by atoms with E-state index >= 15 is 0 Å². The van der Waals surface area contributed by atoms with Gasteiger partial charge < -0.3 is 14.2 Å². The third-order valence-corrected chi connectivity index (χ3v) is 6.00. The predicted octanol–water partition coefficient (Wildman–Crippen LogP) is 7.28. The third-order valence-electron chi connectivity index (χ3n) is 5.01. The zero-order chi connectivity index (χ0) is 24.2. The Labute approximate surface area is 212 Å². The van der Waals surface area contributed by atoms with Crippen LogP contribution in [-0.4, -0.2) is 18.5 Å². The molecule has 0 saturated heterocycles. The maximum absolute atomic E-state index is 12.4. The number of halogens is 3. The van der Waals surface area contributed by atoms with Crippen molar-refractivity contribution in [1.82, 2.24) is 0 Å². The van der Waals surface area contributed by atoms with Crippen molar-refractivity contribution >= 4 is 52.7 Å². The molecule has 0 spiro atoms. The molecule has 1 aliphatic rings. The van der Waals surface area contributed by atoms with Crippen LogP contribution in [0.5, 0.6) is 11.5 Å². The smallest absolute Gasteiger partial charge is 0.363 e. The Morgan fingerprint density at radius 3 is 2.50 bits per heavy atom. The van der Waals surface area contributed by atoms with E-state index in [9.17, 15) is 4.79 Å². The van der Waals surface area contributed by atoms with Gasteiger partial charge in [-0.2, -0.15) is 0 Å². The van der Waals surface area contributed by atoms with Gasteiger partial charge in [0.15, 0.2) is 17.2 Å². The first-order valence-corrected chi connectivity index (χ1v) is 11.6. The Bertz CT molecular complexity index is 1320. The van der Waals surface area contributed by atoms with E-state index in [2.05, 4.69) is 4.99 Å². The summed E-state index contributed by atoms with van der Waals surface area (Å²) in [5.41, 5.74) is 3.24. The van der Waals surface area contributed by atoms with Gasteiger partial charge in [0.1, 0.15) is 6.61 Å². The first-order valence-electron chi connectivity index (χ1n) is 10.5. The number of nitrogens with zero attached hydrogens (tertiary/aromatic N) is 1. The molecule has 0 bridgehead atoms. The summed E-state index contributed by atoms with van der Waals surface area (Å²) in [6, 6.07) is 16.0. The van der Waals surface area contributed by atoms with Gasteiger partial charge in [0, 0.05) is 26.2 Å². The molecular formula is C26H20Cl3NO4. The second kappa shape index (κ2) is 10.5. The lowest BCUT2D eigenvalue weighted by atomic mass is 10.1. The number of cyclic esters (lactones) is 1. The molecule has 1 aliphatic heterocycles. The van der Waals surface area contributed by atoms with Crippen LogP contribution < -0.4 is 9.47 Å². The van der Waals surface area contributed by atoms with Crippen molar-refractivity contribution in [2.45, 2.75) is 20.5 Å². The Balaban J connectivity index is 1.57. The highest BCUT2D eigenvalue weighted by Crippen LogP contribution is 2.32. The van der Waals surface area contributed by atoms with Crippen LogP contribution in [0.4, 0.5) is 0 Å². The molecule has 0 N–H and O–H groups in total. The van der Waals surface area contributed by atoms with Gasteiger partial charge >= 0.3 is 5.97 Å². The number of hydrogen-bond donors (Lipinski definition) is 0. The molecule has 0 atom stereocenters. The quantitative estimate of drug-likeness (QED) is 0.245. The highest BCUT2D eigenvalue weighted by Gasteiger charge is 2.24. The Hall–Kier alpha value is -2.99. The molecule has 0 aromatic heterocycles. The maximum atomic E-state index is 12.4. The van der Waals surface area contributed by atoms with Crippen LogP contribution in [-0.2, 0) is 16.1 Å². The SMILES string of the molecule is CCOc1cc(/C=C2/N=C(c3ccc(C)c(Cl)c3)OC2=O)ccc1OCc1ccc(Cl)cc1Cl. The van der Waals surface area contributed by atoms with Crippen LogP contribution in [0, 0.1) is 6.92 Å². The van der Waals surface area contributed by atoms with Gasteiger partial charge in [-0.3, -0.25) is 0 Å². The summed E-state index contributed by atoms with van der Waals surface area (Å²) in [5, 5.41) is 1.66. The zero-order valence-electron chi connectivity index (χ0n) is 18.4. The summed E-state index contributed by atoms with van der Waals surface area (Å²) in [7, 11) is 0. The number of hydrogen-bond acceptors (Lipinski definition) is 5. The number of aryl methyl sites for hydroxylation is 1. The van der Waals surface area contributed by atoms with Crippen LogP contribution in [0.3, 0.4) is 0 Å². The molecule has 174 valence electrons. The first kappa shape index (κ1) is 24.1. The van der Waals surface area contributed by atoms with Crippen molar-refractivity contribution in [2.24, 2.45) is 4.99 Å². The molecule has 0 saturated carbocycles. The highest BCUT2D eigenvalue weighted by atomic mass is 35.5. The topological polar surface area (TPSA) is 57.1 Å². The average Bonchev–Trinajstić information content (AvgIpc) is 3.16. The number of aliphatic imine (C=N–C) groups is 1. The third kappa shape index (κ3) is 5.55. The summed E-state index contributed by atoms with van der Waals surface area (Å²) in [6.07, 6.45) is 1.63. The van der Waals surface area contributed by atoms with Crippen molar-refractivity contribution in [2.75, 3.05) is 6.61 Å². The fourth-order valence-electron chi connectivity index (χ4n) is 3.21. The average molecular weight is 517 g/mol. The highest BCUT2D eigenvalue weighted by molar-refractivity contribution is 6.35. The van der Waals surface area contributed by atoms with Crippen molar-refractivity contribution < 1.29 is 19.0 Å². The van der Waals surface area contributed by atoms with Gasteiger partial charge in [-0.1, -0.05) is 53.0 Å². The maximum Gasteiger partial charge on any atom is 0.363 e. The fourth-order valence-corrected chi connectivity index (χ4v) is 3.86. The molecule has 0 amide bonds. The van der Waals surface area contributed by atoms with E-state index in [1.807, 2.05) is 32.0 Å². The number of carbonyl (C=O) groups excluding carboxylic acids is 1. The lowest BCUT2D eigenvalue weighted by Crippen LogP contribution is -2.05. The van der Waals surface area contributed by atoms with E-state index < -0.39 is 5.97 Å². The van der Waals surface area contributed by atoms with E-state index in [1.54, 1.807) is 42.5 Å². The first-order chi connectivity index (χ1) is 16.3. The standard InChI is InChI=1S/C26H20Cl3NO4/c1-3-32-24-11-16(5-9-23(24)33-14-18-7-8-19(27)13-21(18)29)10-22-26(31)34-25(30-22)17-6-4-15(2)20(28)12-17/h4-13H,3,14H2,1-2H3/b22-10+. The minimum Gasteiger partial charge on any atom is -0.490 e. The van der Waals surface area contributed by atoms with Crippen LogP contribution >= 0.6 is 34.8 Å². The van der Waals surface area contributed by atoms with Gasteiger partial charge in [-0.15, -0.1) is 0 Å². The van der Waals surface area contributed by atoms with E-state index in [4.69, 9.17) is 49.0 Å². The molecule has 5 nitrogen and oxygen atoms in total. The summed E-state index contributed by atoms with van der Waals surface area (Å²) >= 11 is 18.4. The molecule has 34 heavy (non-hydrogen) atoms. The number of benzene rings is 3. The molecule has 3 aromatic rings. The van der Waals surface area contributed by atoms with Crippen LogP contribution in [0.1, 0.15) is 29.2 Å². The summed E-state index contributed by atoms with van der Waals surface area (Å²) < 4.78 is 17.0. The van der Waals surface area contributed by atoms with Crippen molar-refractivity contribution in [3.05, 3.63) is 97.6 Å². The normalized spacial score (nSPS) is 14.2. The lowest BCUT2D eigenvalue weighted by molar-refractivity contribution is -0.129. The van der Waals surface area contributed by atoms with Gasteiger partial charge in [0.2, 0.25) is 5.90 Å². The fraction of sp³-hybridized carbons (Fsp3) is 0.154. The lowest BCUT2D eigenvalue weighted by Gasteiger charge is -2.13. The number of rotatable bonds is 7. The largest absolute Gasteiger partial charge is 0.490 e. The molecule has 3 aromatic carbocycles. The number of ether oxygens (including phenoxy) is 3. The van der Waals surface area contributed by atoms with Crippen LogP contribution in [0.15, 0.2) is 65.3 Å². The molecule has 1 heterocycles. The van der Waals surface area contributed by atoms with Crippen LogP contribution in [0.2, 0.25) is 15.1 Å². The number of esters is 1. The zero-order valence-corrected chi connectivity index (χ0v) is 20.7. The number of carbonyl (C=O) groups is 1. The Kier molecular flexibility index (Phi) is 7.47. The van der Waals surface area contributed by atoms with E-state index in [1.165, 1.54) is 0 Å². The Morgan fingerprint density at radius 2 is 1.76 bits per heavy atom. The van der Waals surface area contributed by atoms with Gasteiger partial charge in [0.25, 0.3) is 0 Å². The monoisotopic (exact) mass is 515 g/mol. The van der Waals surface area contributed by atoms with Gasteiger partial charge in [-0.05, 0) is 67.4 Å². The molecule has 0 fully saturated rings. The van der Waals surface area contributed by atoms with Crippen LogP contribution in [0.25, 0.3) is 6.08 Å². The van der Waals surface area contributed by atoms with E-state index in [0.717, 1.165) is 11.1 Å². The summed E-state index contributed by atoms with van der Waals surface area (Å²) in [4.78, 5) is 16.7. The van der Waals surface area contributed by atoms with Crippen molar-refractivity contribution in [3.8, 4) is 11.5 Å². The molecule has 0 radical (unpaired) electrons. The molecule has 8 heteroatoms. The second-order valence-electron chi connectivity index (χ2n) is 7.46. The van der Waals surface area contributed by atoms with Crippen molar-refractivity contribution in [3.63, 3.8) is 0 Å². The predicted molar refractivity (Wildman–Crippen MR) is 135 cm³/mol. The minimum absolute atomic E-state index is 0.177. The van der Waals surface area contributed by atoms with Gasteiger partial charge in [-0.25, -0.2) is 9.79 Å². The van der Waals surface area contributed by atoms with Gasteiger partial charge in [0.05, 0.1) is 6.61 Å². The Morgan fingerprint density at radius 1 is 0.941 bits per heavy atom. The van der Waals surface area contributed by atoms with Crippen molar-refractivity contribution in [1.29, 1.82) is 0 Å².